The van der Waals surface area contributed by atoms with Crippen molar-refractivity contribution in [1.29, 1.82) is 0 Å². The summed E-state index contributed by atoms with van der Waals surface area (Å²) >= 11 is 1.48. The van der Waals surface area contributed by atoms with Gasteiger partial charge in [0.25, 0.3) is 0 Å². The number of piperidine rings is 1. The van der Waals surface area contributed by atoms with Crippen molar-refractivity contribution < 1.29 is 8.42 Å². The first-order valence-corrected chi connectivity index (χ1v) is 9.80. The van der Waals surface area contributed by atoms with Gasteiger partial charge in [-0.05, 0) is 51.0 Å². The summed E-state index contributed by atoms with van der Waals surface area (Å²) in [6.07, 6.45) is 5.99. The molecule has 0 spiro atoms. The first-order valence-electron chi connectivity index (χ1n) is 7.55. The monoisotopic (exact) mass is 330 g/mol. The molecule has 3 N–H and O–H groups in total. The van der Waals surface area contributed by atoms with Crippen molar-refractivity contribution >= 4 is 26.7 Å². The highest BCUT2D eigenvalue weighted by Crippen LogP contribution is 2.30. The van der Waals surface area contributed by atoms with Crippen molar-refractivity contribution in [2.45, 2.75) is 38.5 Å². The lowest BCUT2D eigenvalue weighted by atomic mass is 9.99. The van der Waals surface area contributed by atoms with Crippen LogP contribution in [0.5, 0.6) is 0 Å². The van der Waals surface area contributed by atoms with Crippen LogP contribution < -0.4 is 10.5 Å². The van der Waals surface area contributed by atoms with Crippen LogP contribution in [0, 0.1) is 5.92 Å². The molecular formula is C13H22N4O2S2. The second kappa shape index (κ2) is 6.20. The Bertz CT molecular complexity index is 568. The summed E-state index contributed by atoms with van der Waals surface area (Å²) in [6.45, 7) is 1.73. The fourth-order valence-electron chi connectivity index (χ4n) is 2.96. The number of anilines is 1. The molecule has 0 radical (unpaired) electrons. The van der Waals surface area contributed by atoms with Crippen LogP contribution in [-0.2, 0) is 23.1 Å². The molecule has 0 bridgehead atoms. The Labute approximate surface area is 129 Å². The number of thiazole rings is 1. The fraction of sp³-hybridized carbons (Fsp3) is 0.769. The Morgan fingerprint density at radius 1 is 1.29 bits per heavy atom. The van der Waals surface area contributed by atoms with Gasteiger partial charge in [-0.25, -0.2) is 9.71 Å². The first-order chi connectivity index (χ1) is 10.1. The maximum atomic E-state index is 12.4. The smallest absolute Gasteiger partial charge is 0.303 e. The standard InChI is InChI=1S/C13H22N4O2S2/c14-9-10-5-7-17(8-6-10)21(18,19)16-13-15-11-3-1-2-4-12(11)20-13/h10H,1-9,14H2,(H,15,16). The van der Waals surface area contributed by atoms with Gasteiger partial charge in [0.05, 0.1) is 5.69 Å². The lowest BCUT2D eigenvalue weighted by Crippen LogP contribution is -2.42. The van der Waals surface area contributed by atoms with Gasteiger partial charge in [0.1, 0.15) is 0 Å². The molecule has 21 heavy (non-hydrogen) atoms. The van der Waals surface area contributed by atoms with Crippen LogP contribution in [-0.4, -0.2) is 37.3 Å². The molecule has 3 rings (SSSR count). The summed E-state index contributed by atoms with van der Waals surface area (Å²) in [5.74, 6) is 0.448. The zero-order valence-electron chi connectivity index (χ0n) is 12.0. The molecule has 0 unspecified atom stereocenters. The minimum Gasteiger partial charge on any atom is -0.330 e. The van der Waals surface area contributed by atoms with Gasteiger partial charge in [0.15, 0.2) is 5.13 Å². The van der Waals surface area contributed by atoms with Gasteiger partial charge in [-0.1, -0.05) is 0 Å². The summed E-state index contributed by atoms with van der Waals surface area (Å²) in [4.78, 5) is 5.68. The number of aryl methyl sites for hydroxylation is 2. The lowest BCUT2D eigenvalue weighted by Gasteiger charge is -2.30. The molecule has 0 atom stereocenters. The minimum atomic E-state index is -3.48. The molecule has 0 amide bonds. The number of nitrogens with one attached hydrogen (secondary N) is 1. The van der Waals surface area contributed by atoms with Gasteiger partial charge in [0.2, 0.25) is 0 Å². The summed E-state index contributed by atoms with van der Waals surface area (Å²) in [5.41, 5.74) is 6.72. The molecule has 8 heteroatoms. The van der Waals surface area contributed by atoms with E-state index >= 15 is 0 Å². The van der Waals surface area contributed by atoms with Crippen molar-refractivity contribution in [3.63, 3.8) is 0 Å². The first kappa shape index (κ1) is 15.2. The number of rotatable bonds is 4. The lowest BCUT2D eigenvalue weighted by molar-refractivity contribution is 0.280. The predicted molar refractivity (Wildman–Crippen MR) is 84.6 cm³/mol. The van der Waals surface area contributed by atoms with Crippen LogP contribution in [0.4, 0.5) is 5.13 Å². The van der Waals surface area contributed by atoms with Crippen LogP contribution >= 0.6 is 11.3 Å². The van der Waals surface area contributed by atoms with E-state index in [1.807, 2.05) is 0 Å². The van der Waals surface area contributed by atoms with Crippen molar-refractivity contribution in [2.75, 3.05) is 24.4 Å². The molecule has 0 aromatic carbocycles. The Hall–Kier alpha value is -0.700. The van der Waals surface area contributed by atoms with E-state index in [1.165, 1.54) is 26.9 Å². The average molecular weight is 330 g/mol. The number of fused-ring (bicyclic) bond motifs is 1. The Morgan fingerprint density at radius 2 is 2.00 bits per heavy atom. The zero-order valence-corrected chi connectivity index (χ0v) is 13.7. The van der Waals surface area contributed by atoms with E-state index in [2.05, 4.69) is 9.71 Å². The number of hydrogen-bond acceptors (Lipinski definition) is 5. The third-order valence-electron chi connectivity index (χ3n) is 4.31. The molecule has 6 nitrogen and oxygen atoms in total. The number of hydrogen-bond donors (Lipinski definition) is 2. The second-order valence-electron chi connectivity index (χ2n) is 5.78. The van der Waals surface area contributed by atoms with Crippen LogP contribution in [0.3, 0.4) is 0 Å². The van der Waals surface area contributed by atoms with Crippen LogP contribution in [0.2, 0.25) is 0 Å². The zero-order chi connectivity index (χ0) is 14.9. The van der Waals surface area contributed by atoms with Crippen molar-refractivity contribution in [3.05, 3.63) is 10.6 Å². The van der Waals surface area contributed by atoms with Gasteiger partial charge in [-0.15, -0.1) is 11.3 Å². The van der Waals surface area contributed by atoms with Crippen molar-refractivity contribution in [1.82, 2.24) is 9.29 Å². The Kier molecular flexibility index (Phi) is 4.49. The molecule has 1 aromatic heterocycles. The summed E-state index contributed by atoms with van der Waals surface area (Å²) in [7, 11) is -3.48. The normalized spacial score (nSPS) is 21.2. The molecule has 118 valence electrons. The van der Waals surface area contributed by atoms with E-state index in [4.69, 9.17) is 5.73 Å². The predicted octanol–water partition coefficient (Wildman–Crippen LogP) is 1.35. The van der Waals surface area contributed by atoms with Gasteiger partial charge < -0.3 is 5.73 Å². The highest BCUT2D eigenvalue weighted by molar-refractivity contribution is 7.90. The molecule has 2 aliphatic rings. The highest BCUT2D eigenvalue weighted by Gasteiger charge is 2.28. The SMILES string of the molecule is NCC1CCN(S(=O)(=O)Nc2nc3c(s2)CCCC3)CC1. The van der Waals surface area contributed by atoms with E-state index in [0.29, 0.717) is 30.7 Å². The van der Waals surface area contributed by atoms with Gasteiger partial charge in [-0.3, -0.25) is 0 Å². The molecular weight excluding hydrogens is 308 g/mol. The van der Waals surface area contributed by atoms with Crippen LogP contribution in [0.25, 0.3) is 0 Å². The van der Waals surface area contributed by atoms with E-state index in [-0.39, 0.29) is 0 Å². The highest BCUT2D eigenvalue weighted by atomic mass is 32.2. The largest absolute Gasteiger partial charge is 0.330 e. The number of nitrogens with two attached hydrogens (primary N) is 1. The topological polar surface area (TPSA) is 88.3 Å². The minimum absolute atomic E-state index is 0.448. The third-order valence-corrected chi connectivity index (χ3v) is 7.01. The molecule has 1 aliphatic carbocycles. The summed E-state index contributed by atoms with van der Waals surface area (Å²) < 4.78 is 29.0. The Balaban J connectivity index is 1.67. The van der Waals surface area contributed by atoms with Gasteiger partial charge in [-0.2, -0.15) is 12.7 Å². The quantitative estimate of drug-likeness (QED) is 0.872. The van der Waals surface area contributed by atoms with E-state index in [0.717, 1.165) is 37.8 Å². The van der Waals surface area contributed by atoms with Gasteiger partial charge >= 0.3 is 10.2 Å². The third kappa shape index (κ3) is 3.39. The summed E-state index contributed by atoms with van der Waals surface area (Å²) in [6, 6.07) is 0. The molecule has 1 aromatic rings. The molecule has 1 fully saturated rings. The maximum absolute atomic E-state index is 12.4. The number of aromatic nitrogens is 1. The second-order valence-corrected chi connectivity index (χ2v) is 8.54. The number of nitrogens with zero attached hydrogens (tertiary/aromatic N) is 2. The van der Waals surface area contributed by atoms with Gasteiger partial charge in [0, 0.05) is 18.0 Å². The van der Waals surface area contributed by atoms with E-state index < -0.39 is 10.2 Å². The van der Waals surface area contributed by atoms with E-state index in [1.54, 1.807) is 0 Å². The maximum Gasteiger partial charge on any atom is 0.303 e. The Morgan fingerprint density at radius 3 is 2.67 bits per heavy atom. The average Bonchev–Trinajstić information content (AvgIpc) is 2.88. The van der Waals surface area contributed by atoms with E-state index in [9.17, 15) is 8.42 Å². The van der Waals surface area contributed by atoms with Crippen molar-refractivity contribution in [2.24, 2.45) is 11.7 Å². The summed E-state index contributed by atoms with van der Waals surface area (Å²) in [5, 5.41) is 0.517. The van der Waals surface area contributed by atoms with Crippen LogP contribution in [0.15, 0.2) is 0 Å². The fourth-order valence-corrected chi connectivity index (χ4v) is 5.43. The van der Waals surface area contributed by atoms with Crippen molar-refractivity contribution in [3.8, 4) is 0 Å². The molecule has 0 saturated carbocycles. The molecule has 1 aliphatic heterocycles. The van der Waals surface area contributed by atoms with Crippen LogP contribution in [0.1, 0.15) is 36.3 Å². The molecule has 1 saturated heterocycles. The molecule has 2 heterocycles.